The molecule has 156 valence electrons. The first-order valence-electron chi connectivity index (χ1n) is 10.1. The molecule has 1 aliphatic heterocycles. The van der Waals surface area contributed by atoms with Gasteiger partial charge in [0.25, 0.3) is 0 Å². The van der Waals surface area contributed by atoms with Crippen molar-refractivity contribution in [2.45, 2.75) is 25.9 Å². The van der Waals surface area contributed by atoms with Crippen molar-refractivity contribution in [3.63, 3.8) is 0 Å². The summed E-state index contributed by atoms with van der Waals surface area (Å²) in [7, 11) is 0. The molecular weight excluding hydrogens is 418 g/mol. The molecule has 1 saturated heterocycles. The minimum atomic E-state index is 0.203. The molecule has 0 saturated carbocycles. The number of hydrogen-bond acceptors (Lipinski definition) is 5. The molecule has 2 aromatic carbocycles. The molecule has 0 spiro atoms. The zero-order valence-electron chi connectivity index (χ0n) is 16.8. The zero-order valence-corrected chi connectivity index (χ0v) is 18.4. The molecule has 1 unspecified atom stereocenters. The van der Waals surface area contributed by atoms with Gasteiger partial charge in [-0.3, -0.25) is 4.99 Å². The Morgan fingerprint density at radius 1 is 1.20 bits per heavy atom. The van der Waals surface area contributed by atoms with Crippen LogP contribution in [0, 0.1) is 0 Å². The van der Waals surface area contributed by atoms with Gasteiger partial charge in [-0.25, -0.2) is 4.68 Å². The Kier molecular flexibility index (Phi) is 7.00. The van der Waals surface area contributed by atoms with Gasteiger partial charge < -0.3 is 9.47 Å². The first-order valence-corrected chi connectivity index (χ1v) is 11.3. The molecule has 1 aliphatic rings. The number of rotatable bonds is 7. The first kappa shape index (κ1) is 20.8. The van der Waals surface area contributed by atoms with Gasteiger partial charge in [-0.05, 0) is 61.7 Å². The van der Waals surface area contributed by atoms with Crippen molar-refractivity contribution < 1.29 is 9.47 Å². The van der Waals surface area contributed by atoms with E-state index in [0.29, 0.717) is 18.2 Å². The fourth-order valence-electron chi connectivity index (χ4n) is 3.25. The largest absolute Gasteiger partial charge is 0.494 e. The molecule has 0 amide bonds. The topological polar surface area (TPSA) is 48.1 Å². The molecule has 0 bridgehead atoms. The van der Waals surface area contributed by atoms with E-state index in [2.05, 4.69) is 5.38 Å². The van der Waals surface area contributed by atoms with E-state index in [9.17, 15) is 0 Å². The lowest BCUT2D eigenvalue weighted by Gasteiger charge is -2.06. The quantitative estimate of drug-likeness (QED) is 0.471. The molecule has 4 rings (SSSR count). The van der Waals surface area contributed by atoms with Crippen LogP contribution in [0.5, 0.6) is 5.75 Å². The smallest absolute Gasteiger partial charge is 0.206 e. The number of halogens is 1. The first-order chi connectivity index (χ1) is 14.7. The third kappa shape index (κ3) is 5.19. The van der Waals surface area contributed by atoms with Crippen LogP contribution in [0.25, 0.3) is 11.3 Å². The number of ether oxygens (including phenoxy) is 2. The van der Waals surface area contributed by atoms with Gasteiger partial charge in [0.2, 0.25) is 4.80 Å². The van der Waals surface area contributed by atoms with Crippen LogP contribution in [0.3, 0.4) is 0 Å². The van der Waals surface area contributed by atoms with Crippen LogP contribution >= 0.6 is 22.9 Å². The summed E-state index contributed by atoms with van der Waals surface area (Å²) in [5, 5.41) is 7.54. The predicted molar refractivity (Wildman–Crippen MR) is 123 cm³/mol. The van der Waals surface area contributed by atoms with E-state index in [4.69, 9.17) is 31.2 Å². The Bertz CT molecular complexity index is 1050. The Balaban J connectivity index is 1.66. The lowest BCUT2D eigenvalue weighted by atomic mass is 10.2. The SMILES string of the molecule is CCOc1ccc(C=Nn2c(-c3ccc(Cl)cc3)csc2=NCC2CCCO2)cc1. The second-order valence-corrected chi connectivity index (χ2v) is 8.22. The summed E-state index contributed by atoms with van der Waals surface area (Å²) in [6.45, 7) is 4.11. The molecular formula is C23H24ClN3O2S. The van der Waals surface area contributed by atoms with E-state index in [1.807, 2.05) is 66.3 Å². The maximum absolute atomic E-state index is 6.07. The Hall–Kier alpha value is -2.41. The minimum absolute atomic E-state index is 0.203. The highest BCUT2D eigenvalue weighted by atomic mass is 35.5. The molecule has 5 nitrogen and oxygen atoms in total. The number of hydrogen-bond donors (Lipinski definition) is 0. The van der Waals surface area contributed by atoms with Gasteiger partial charge in [-0.2, -0.15) is 5.10 Å². The van der Waals surface area contributed by atoms with Gasteiger partial charge in [0.1, 0.15) is 5.75 Å². The summed E-state index contributed by atoms with van der Waals surface area (Å²) in [5.74, 6) is 0.854. The van der Waals surface area contributed by atoms with E-state index in [-0.39, 0.29) is 6.10 Å². The molecule has 1 fully saturated rings. The fourth-order valence-corrected chi connectivity index (χ4v) is 4.22. The highest BCUT2D eigenvalue weighted by Gasteiger charge is 2.15. The number of aromatic nitrogens is 1. The van der Waals surface area contributed by atoms with Gasteiger partial charge in [-0.1, -0.05) is 23.7 Å². The maximum atomic E-state index is 6.07. The second kappa shape index (κ2) is 10.1. The van der Waals surface area contributed by atoms with Gasteiger partial charge >= 0.3 is 0 Å². The van der Waals surface area contributed by atoms with E-state index in [1.165, 1.54) is 0 Å². The monoisotopic (exact) mass is 441 g/mol. The summed E-state index contributed by atoms with van der Waals surface area (Å²) in [6, 6.07) is 15.7. The average Bonchev–Trinajstić information content (AvgIpc) is 3.42. The van der Waals surface area contributed by atoms with E-state index in [0.717, 1.165) is 46.8 Å². The summed E-state index contributed by atoms with van der Waals surface area (Å²) in [4.78, 5) is 5.64. The Morgan fingerprint density at radius 2 is 2.00 bits per heavy atom. The normalized spacial score (nSPS) is 17.1. The zero-order chi connectivity index (χ0) is 20.8. The van der Waals surface area contributed by atoms with Crippen molar-refractivity contribution in [1.29, 1.82) is 0 Å². The minimum Gasteiger partial charge on any atom is -0.494 e. The van der Waals surface area contributed by atoms with Crippen molar-refractivity contribution in [3.05, 3.63) is 69.3 Å². The summed E-state index contributed by atoms with van der Waals surface area (Å²) >= 11 is 7.64. The highest BCUT2D eigenvalue weighted by Crippen LogP contribution is 2.22. The van der Waals surface area contributed by atoms with E-state index < -0.39 is 0 Å². The summed E-state index contributed by atoms with van der Waals surface area (Å²) < 4.78 is 13.1. The lowest BCUT2D eigenvalue weighted by molar-refractivity contribution is 0.117. The van der Waals surface area contributed by atoms with Crippen LogP contribution in [0.15, 0.2) is 64.0 Å². The van der Waals surface area contributed by atoms with Crippen LogP contribution in [0.1, 0.15) is 25.3 Å². The van der Waals surface area contributed by atoms with Crippen LogP contribution in [-0.2, 0) is 4.74 Å². The molecule has 30 heavy (non-hydrogen) atoms. The van der Waals surface area contributed by atoms with Gasteiger partial charge in [0, 0.05) is 22.6 Å². The maximum Gasteiger partial charge on any atom is 0.206 e. The van der Waals surface area contributed by atoms with Crippen molar-refractivity contribution >= 4 is 29.2 Å². The number of benzene rings is 2. The summed E-state index contributed by atoms with van der Waals surface area (Å²) in [5.41, 5.74) is 3.01. The van der Waals surface area contributed by atoms with Crippen molar-refractivity contribution in [3.8, 4) is 17.0 Å². The van der Waals surface area contributed by atoms with Gasteiger partial charge in [0.15, 0.2) is 0 Å². The van der Waals surface area contributed by atoms with E-state index >= 15 is 0 Å². The molecule has 0 N–H and O–H groups in total. The van der Waals surface area contributed by atoms with Crippen LogP contribution in [0.4, 0.5) is 0 Å². The highest BCUT2D eigenvalue weighted by molar-refractivity contribution is 7.07. The van der Waals surface area contributed by atoms with Gasteiger partial charge in [0.05, 0.1) is 31.2 Å². The van der Waals surface area contributed by atoms with E-state index in [1.54, 1.807) is 11.3 Å². The van der Waals surface area contributed by atoms with Crippen LogP contribution < -0.4 is 9.54 Å². The molecule has 0 aliphatic carbocycles. The van der Waals surface area contributed by atoms with Crippen molar-refractivity contribution in [1.82, 2.24) is 4.68 Å². The van der Waals surface area contributed by atoms with Crippen molar-refractivity contribution in [2.24, 2.45) is 10.1 Å². The van der Waals surface area contributed by atoms with Crippen LogP contribution in [0.2, 0.25) is 5.02 Å². The van der Waals surface area contributed by atoms with Crippen molar-refractivity contribution in [2.75, 3.05) is 19.8 Å². The molecule has 2 heterocycles. The molecule has 1 atom stereocenters. The second-order valence-electron chi connectivity index (χ2n) is 6.94. The van der Waals surface area contributed by atoms with Gasteiger partial charge in [-0.15, -0.1) is 11.3 Å². The summed E-state index contributed by atoms with van der Waals surface area (Å²) in [6.07, 6.45) is 4.22. The fraction of sp³-hybridized carbons (Fsp3) is 0.304. The standard InChI is InChI=1S/C23H24ClN3O2S/c1-2-28-20-11-5-17(6-12-20)14-26-27-22(18-7-9-19(24)10-8-18)16-30-23(27)25-15-21-4-3-13-29-21/h5-12,14,16,21H,2-4,13,15H2,1H3. The number of thiazole rings is 1. The third-order valence-corrected chi connectivity index (χ3v) is 5.90. The molecule has 0 radical (unpaired) electrons. The molecule has 3 aromatic rings. The molecule has 7 heteroatoms. The third-order valence-electron chi connectivity index (χ3n) is 4.79. The Morgan fingerprint density at radius 3 is 2.70 bits per heavy atom. The predicted octanol–water partition coefficient (Wildman–Crippen LogP) is 5.23. The lowest BCUT2D eigenvalue weighted by Crippen LogP contribution is -2.17. The molecule has 1 aromatic heterocycles. The number of nitrogens with zero attached hydrogens (tertiary/aromatic N) is 3. The average molecular weight is 442 g/mol. The Labute approximate surface area is 185 Å². The van der Waals surface area contributed by atoms with Crippen LogP contribution in [-0.4, -0.2) is 36.8 Å².